The highest BCUT2D eigenvalue weighted by atomic mass is 19.4. The Bertz CT molecular complexity index is 1150. The maximum absolute atomic E-state index is 13.5. The van der Waals surface area contributed by atoms with Crippen molar-refractivity contribution in [3.8, 4) is 28.5 Å². The van der Waals surface area contributed by atoms with Gasteiger partial charge < -0.3 is 19.2 Å². The molecule has 1 N–H and O–H groups in total. The number of halogens is 5. The second-order valence-corrected chi connectivity index (χ2v) is 8.33. The minimum Gasteiger partial charge on any atom is -0.492 e. The molecule has 0 aliphatic heterocycles. The van der Waals surface area contributed by atoms with E-state index in [1.807, 2.05) is 0 Å². The molecule has 0 unspecified atom stereocenters. The van der Waals surface area contributed by atoms with Gasteiger partial charge in [0.25, 0.3) is 0 Å². The number of pyridine rings is 1. The first-order valence-electron chi connectivity index (χ1n) is 10.9. The van der Waals surface area contributed by atoms with Crippen LogP contribution in [0.5, 0.6) is 17.2 Å². The van der Waals surface area contributed by atoms with Crippen molar-refractivity contribution in [1.29, 1.82) is 0 Å². The third-order valence-electron chi connectivity index (χ3n) is 5.98. The summed E-state index contributed by atoms with van der Waals surface area (Å²) in [6.07, 6.45) is -1.41. The molecule has 0 radical (unpaired) electrons. The molecule has 188 valence electrons. The number of hydrogen-bond donors (Lipinski definition) is 1. The fourth-order valence-electron chi connectivity index (χ4n) is 4.10. The smallest absolute Gasteiger partial charge is 0.433 e. The van der Waals surface area contributed by atoms with Crippen molar-refractivity contribution in [3.63, 3.8) is 0 Å². The molecule has 1 aliphatic carbocycles. The van der Waals surface area contributed by atoms with Crippen molar-refractivity contribution >= 4 is 0 Å². The van der Waals surface area contributed by atoms with Gasteiger partial charge in [0.2, 0.25) is 11.7 Å². The molecule has 6 nitrogen and oxygen atoms in total. The molecule has 0 amide bonds. The Hall–Kier alpha value is -3.37. The summed E-state index contributed by atoms with van der Waals surface area (Å²) >= 11 is 0. The van der Waals surface area contributed by atoms with Crippen LogP contribution in [0.3, 0.4) is 0 Å². The third kappa shape index (κ3) is 5.49. The monoisotopic (exact) mass is 497 g/mol. The van der Waals surface area contributed by atoms with Gasteiger partial charge in [-0.15, -0.1) is 0 Å². The summed E-state index contributed by atoms with van der Waals surface area (Å²) in [5.41, 5.74) is 0.726. The molecule has 2 aromatic heterocycles. The number of methoxy groups -OCH3 is 2. The van der Waals surface area contributed by atoms with E-state index in [1.165, 1.54) is 20.3 Å². The van der Waals surface area contributed by atoms with Gasteiger partial charge in [-0.2, -0.15) is 13.2 Å². The molecule has 1 aromatic carbocycles. The van der Waals surface area contributed by atoms with E-state index in [0.717, 1.165) is 12.3 Å². The maximum Gasteiger partial charge on any atom is 0.433 e. The van der Waals surface area contributed by atoms with E-state index in [2.05, 4.69) is 15.0 Å². The standard InChI is InChI=1S/C24H24F5N3O3/c1-33-20-16(17-12-31-22(32-17)15-7-9-23(25,26)10-8-15)4-5-18(21(20)34-2)35-13-14-3-6-19(30-11-14)24(27,28)29/h3-6,11-12,15H,7-10,13H2,1-2H3,(H,31,32). The number of hydrogen-bond acceptors (Lipinski definition) is 5. The fraction of sp³-hybridized carbons (Fsp3) is 0.417. The number of rotatable bonds is 7. The predicted octanol–water partition coefficient (Wildman–Crippen LogP) is 6.38. The first-order valence-corrected chi connectivity index (χ1v) is 10.9. The molecule has 35 heavy (non-hydrogen) atoms. The molecule has 0 atom stereocenters. The lowest BCUT2D eigenvalue weighted by molar-refractivity contribution is -0.141. The van der Waals surface area contributed by atoms with Crippen molar-refractivity contribution in [2.24, 2.45) is 0 Å². The van der Waals surface area contributed by atoms with Gasteiger partial charge >= 0.3 is 6.18 Å². The van der Waals surface area contributed by atoms with Crippen molar-refractivity contribution in [2.45, 2.75) is 50.3 Å². The molecule has 1 aliphatic rings. The minimum absolute atomic E-state index is 0.0372. The Kier molecular flexibility index (Phi) is 6.86. The lowest BCUT2D eigenvalue weighted by atomic mass is 9.86. The van der Waals surface area contributed by atoms with E-state index in [4.69, 9.17) is 14.2 Å². The van der Waals surface area contributed by atoms with Crippen LogP contribution < -0.4 is 14.2 Å². The largest absolute Gasteiger partial charge is 0.492 e. The number of alkyl halides is 5. The zero-order valence-corrected chi connectivity index (χ0v) is 19.1. The van der Waals surface area contributed by atoms with Gasteiger partial charge in [0.1, 0.15) is 18.1 Å². The van der Waals surface area contributed by atoms with E-state index in [-0.39, 0.29) is 25.4 Å². The van der Waals surface area contributed by atoms with Crippen molar-refractivity contribution in [2.75, 3.05) is 14.2 Å². The highest BCUT2D eigenvalue weighted by Gasteiger charge is 2.36. The number of ether oxygens (including phenoxy) is 3. The van der Waals surface area contributed by atoms with Crippen LogP contribution in [0.1, 0.15) is 48.7 Å². The molecule has 1 saturated carbocycles. The molecular weight excluding hydrogens is 473 g/mol. The van der Waals surface area contributed by atoms with Gasteiger partial charge in [-0.25, -0.2) is 13.8 Å². The van der Waals surface area contributed by atoms with Crippen LogP contribution in [0.4, 0.5) is 22.0 Å². The molecular formula is C24H24F5N3O3. The number of aromatic nitrogens is 3. The molecule has 4 rings (SSSR count). The first-order chi connectivity index (χ1) is 16.6. The van der Waals surface area contributed by atoms with Gasteiger partial charge in [-0.05, 0) is 31.0 Å². The van der Waals surface area contributed by atoms with Gasteiger partial charge in [0, 0.05) is 36.1 Å². The summed E-state index contributed by atoms with van der Waals surface area (Å²) in [5.74, 6) is -1.07. The lowest BCUT2D eigenvalue weighted by Gasteiger charge is -2.26. The Morgan fingerprint density at radius 2 is 1.69 bits per heavy atom. The predicted molar refractivity (Wildman–Crippen MR) is 117 cm³/mol. The van der Waals surface area contributed by atoms with Gasteiger partial charge in [-0.3, -0.25) is 4.98 Å². The SMILES string of the molecule is COc1c(OCc2ccc(C(F)(F)F)nc2)ccc(-c2cnc(C3CCC(F)(F)CC3)[nH]2)c1OC. The maximum atomic E-state index is 13.5. The summed E-state index contributed by atoms with van der Waals surface area (Å²) in [7, 11) is 2.90. The molecule has 2 heterocycles. The Morgan fingerprint density at radius 3 is 2.29 bits per heavy atom. The number of H-pyrrole nitrogens is 1. The van der Waals surface area contributed by atoms with Crippen LogP contribution in [-0.4, -0.2) is 35.1 Å². The summed E-state index contributed by atoms with van der Waals surface area (Å²) in [6, 6.07) is 5.56. The third-order valence-corrected chi connectivity index (χ3v) is 5.98. The molecule has 0 saturated heterocycles. The molecule has 1 fully saturated rings. The number of benzene rings is 1. The zero-order valence-electron chi connectivity index (χ0n) is 19.1. The van der Waals surface area contributed by atoms with Crippen LogP contribution in [0.25, 0.3) is 11.3 Å². The fourth-order valence-corrected chi connectivity index (χ4v) is 4.10. The lowest BCUT2D eigenvalue weighted by Crippen LogP contribution is -2.24. The van der Waals surface area contributed by atoms with E-state index in [9.17, 15) is 22.0 Å². The first kappa shape index (κ1) is 24.7. The summed E-state index contributed by atoms with van der Waals surface area (Å²) in [4.78, 5) is 11.0. The Balaban J connectivity index is 1.52. The quantitative estimate of drug-likeness (QED) is 0.384. The van der Waals surface area contributed by atoms with E-state index in [1.54, 1.807) is 18.3 Å². The molecule has 0 spiro atoms. The van der Waals surface area contributed by atoms with Crippen LogP contribution in [0, 0.1) is 0 Å². The van der Waals surface area contributed by atoms with Gasteiger partial charge in [-0.1, -0.05) is 6.07 Å². The second kappa shape index (κ2) is 9.71. The van der Waals surface area contributed by atoms with Crippen molar-refractivity contribution in [3.05, 3.63) is 53.7 Å². The number of nitrogens with zero attached hydrogens (tertiary/aromatic N) is 2. The minimum atomic E-state index is -4.51. The Morgan fingerprint density at radius 1 is 0.971 bits per heavy atom. The molecule has 11 heteroatoms. The highest BCUT2D eigenvalue weighted by Crippen LogP contribution is 2.45. The van der Waals surface area contributed by atoms with Crippen molar-refractivity contribution in [1.82, 2.24) is 15.0 Å². The summed E-state index contributed by atoms with van der Waals surface area (Å²) in [6.45, 7) is -0.0372. The number of nitrogens with one attached hydrogen (secondary N) is 1. The normalized spacial score (nSPS) is 16.2. The van der Waals surface area contributed by atoms with Crippen LogP contribution in [0.2, 0.25) is 0 Å². The molecule has 0 bridgehead atoms. The summed E-state index contributed by atoms with van der Waals surface area (Å²) in [5, 5.41) is 0. The van der Waals surface area contributed by atoms with Crippen LogP contribution in [0.15, 0.2) is 36.7 Å². The van der Waals surface area contributed by atoms with Crippen LogP contribution in [-0.2, 0) is 12.8 Å². The second-order valence-electron chi connectivity index (χ2n) is 8.33. The Labute approximate surface area is 198 Å². The average molecular weight is 497 g/mol. The van der Waals surface area contributed by atoms with E-state index >= 15 is 0 Å². The van der Waals surface area contributed by atoms with Crippen molar-refractivity contribution < 1.29 is 36.2 Å². The highest BCUT2D eigenvalue weighted by molar-refractivity contribution is 5.74. The van der Waals surface area contributed by atoms with E-state index < -0.39 is 17.8 Å². The van der Waals surface area contributed by atoms with Gasteiger partial charge in [0.05, 0.1) is 26.1 Å². The summed E-state index contributed by atoms with van der Waals surface area (Å²) < 4.78 is 81.9. The van der Waals surface area contributed by atoms with Gasteiger partial charge in [0.15, 0.2) is 11.5 Å². The topological polar surface area (TPSA) is 69.3 Å². The molecule has 3 aromatic rings. The van der Waals surface area contributed by atoms with E-state index in [0.29, 0.717) is 52.7 Å². The number of aromatic amines is 1. The zero-order chi connectivity index (χ0) is 25.2. The average Bonchev–Trinajstić information content (AvgIpc) is 3.31. The number of imidazole rings is 1. The van der Waals surface area contributed by atoms with Crippen LogP contribution >= 0.6 is 0 Å².